The van der Waals surface area contributed by atoms with Gasteiger partial charge in [0.05, 0.1) is 6.54 Å². The molecule has 122 valence electrons. The van der Waals surface area contributed by atoms with Crippen molar-refractivity contribution in [3.8, 4) is 0 Å². The van der Waals surface area contributed by atoms with Gasteiger partial charge in [0.15, 0.2) is 10.4 Å². The zero-order valence-electron chi connectivity index (χ0n) is 13.4. The second kappa shape index (κ2) is 7.46. The molecule has 0 spiro atoms. The van der Waals surface area contributed by atoms with Crippen molar-refractivity contribution in [2.75, 3.05) is 13.6 Å². The molecular formula is C17H19BrN2O3. The molecule has 23 heavy (non-hydrogen) atoms. The highest BCUT2D eigenvalue weighted by molar-refractivity contribution is 9.10. The Morgan fingerprint density at radius 2 is 1.96 bits per heavy atom. The molecule has 2 rings (SSSR count). The van der Waals surface area contributed by atoms with Crippen LogP contribution in [0.3, 0.4) is 0 Å². The van der Waals surface area contributed by atoms with Gasteiger partial charge in [-0.25, -0.2) is 0 Å². The number of hydrogen-bond acceptors (Lipinski definition) is 3. The van der Waals surface area contributed by atoms with Gasteiger partial charge >= 0.3 is 0 Å². The van der Waals surface area contributed by atoms with Crippen LogP contribution in [0.1, 0.15) is 27.2 Å². The average molecular weight is 379 g/mol. The van der Waals surface area contributed by atoms with E-state index in [4.69, 9.17) is 4.42 Å². The standard InChI is InChI=1S/C17H19BrN2O3/c1-11-4-5-13(12(2)8-11)10-20(3)16(21)9-19-17(22)14-6-7-15(18)23-14/h4-8H,9-10H2,1-3H3,(H,19,22). The third kappa shape index (κ3) is 4.69. The van der Waals surface area contributed by atoms with E-state index >= 15 is 0 Å². The van der Waals surface area contributed by atoms with E-state index in [2.05, 4.69) is 27.3 Å². The van der Waals surface area contributed by atoms with Crippen molar-refractivity contribution in [1.29, 1.82) is 0 Å². The first-order valence-electron chi connectivity index (χ1n) is 7.20. The Hall–Kier alpha value is -2.08. The molecule has 0 radical (unpaired) electrons. The number of nitrogens with one attached hydrogen (secondary N) is 1. The van der Waals surface area contributed by atoms with Crippen LogP contribution in [0, 0.1) is 13.8 Å². The lowest BCUT2D eigenvalue weighted by Gasteiger charge is -2.19. The predicted molar refractivity (Wildman–Crippen MR) is 91.1 cm³/mol. The molecule has 2 aromatic rings. The van der Waals surface area contributed by atoms with Crippen LogP contribution in [0.4, 0.5) is 0 Å². The normalized spacial score (nSPS) is 10.4. The van der Waals surface area contributed by atoms with Gasteiger partial charge < -0.3 is 14.6 Å². The van der Waals surface area contributed by atoms with Crippen molar-refractivity contribution in [1.82, 2.24) is 10.2 Å². The molecule has 1 heterocycles. The van der Waals surface area contributed by atoms with Gasteiger partial charge in [0.1, 0.15) is 0 Å². The van der Waals surface area contributed by atoms with Gasteiger partial charge in [-0.3, -0.25) is 9.59 Å². The maximum absolute atomic E-state index is 12.1. The number of furan rings is 1. The second-order valence-corrected chi connectivity index (χ2v) is 6.25. The first-order chi connectivity index (χ1) is 10.9. The molecule has 0 unspecified atom stereocenters. The number of carbonyl (C=O) groups is 2. The lowest BCUT2D eigenvalue weighted by Crippen LogP contribution is -2.37. The molecule has 0 aliphatic rings. The summed E-state index contributed by atoms with van der Waals surface area (Å²) in [5.41, 5.74) is 3.43. The van der Waals surface area contributed by atoms with Gasteiger partial charge in [0, 0.05) is 13.6 Å². The number of rotatable bonds is 5. The van der Waals surface area contributed by atoms with E-state index in [0.717, 1.165) is 11.1 Å². The summed E-state index contributed by atoms with van der Waals surface area (Å²) in [5.74, 6) is -0.408. The highest BCUT2D eigenvalue weighted by Crippen LogP contribution is 2.14. The summed E-state index contributed by atoms with van der Waals surface area (Å²) >= 11 is 3.13. The van der Waals surface area contributed by atoms with E-state index < -0.39 is 5.91 Å². The van der Waals surface area contributed by atoms with Crippen LogP contribution in [0.25, 0.3) is 0 Å². The average Bonchev–Trinajstić information content (AvgIpc) is 2.93. The third-order valence-electron chi connectivity index (χ3n) is 3.53. The number of aryl methyl sites for hydroxylation is 2. The third-order valence-corrected chi connectivity index (χ3v) is 3.95. The molecule has 0 atom stereocenters. The lowest BCUT2D eigenvalue weighted by atomic mass is 10.1. The Morgan fingerprint density at radius 3 is 2.57 bits per heavy atom. The fourth-order valence-electron chi connectivity index (χ4n) is 2.18. The van der Waals surface area contributed by atoms with Crippen LogP contribution >= 0.6 is 15.9 Å². The van der Waals surface area contributed by atoms with Crippen LogP contribution in [0.15, 0.2) is 39.4 Å². The first kappa shape index (κ1) is 17.3. The van der Waals surface area contributed by atoms with Crippen molar-refractivity contribution in [3.63, 3.8) is 0 Å². The maximum Gasteiger partial charge on any atom is 0.287 e. The van der Waals surface area contributed by atoms with Gasteiger partial charge in [-0.2, -0.15) is 0 Å². The van der Waals surface area contributed by atoms with Gasteiger partial charge in [0.25, 0.3) is 5.91 Å². The molecule has 5 nitrogen and oxygen atoms in total. The number of likely N-dealkylation sites (N-methyl/N-ethyl adjacent to an activating group) is 1. The van der Waals surface area contributed by atoms with Crippen molar-refractivity contribution in [3.05, 3.63) is 57.5 Å². The molecule has 0 saturated heterocycles. The zero-order valence-corrected chi connectivity index (χ0v) is 14.9. The monoisotopic (exact) mass is 378 g/mol. The van der Waals surface area contributed by atoms with Crippen LogP contribution in [-0.4, -0.2) is 30.3 Å². The SMILES string of the molecule is Cc1ccc(CN(C)C(=O)CNC(=O)c2ccc(Br)o2)c(C)c1. The minimum atomic E-state index is -0.413. The first-order valence-corrected chi connectivity index (χ1v) is 7.99. The van der Waals surface area contributed by atoms with Crippen molar-refractivity contribution in [2.45, 2.75) is 20.4 Å². The van der Waals surface area contributed by atoms with Crippen molar-refractivity contribution >= 4 is 27.7 Å². The van der Waals surface area contributed by atoms with E-state index in [1.54, 1.807) is 24.1 Å². The van der Waals surface area contributed by atoms with Gasteiger partial charge in [-0.05, 0) is 53.0 Å². The van der Waals surface area contributed by atoms with E-state index in [9.17, 15) is 9.59 Å². The van der Waals surface area contributed by atoms with Gasteiger partial charge in [-0.1, -0.05) is 23.8 Å². The molecule has 0 bridgehead atoms. The summed E-state index contributed by atoms with van der Waals surface area (Å²) in [5, 5.41) is 2.56. The number of benzene rings is 1. The molecule has 2 amide bonds. The number of amides is 2. The number of hydrogen-bond donors (Lipinski definition) is 1. The van der Waals surface area contributed by atoms with Crippen molar-refractivity contribution in [2.24, 2.45) is 0 Å². The fraction of sp³-hybridized carbons (Fsp3) is 0.294. The minimum absolute atomic E-state index is 0.0709. The summed E-state index contributed by atoms with van der Waals surface area (Å²) in [6.07, 6.45) is 0. The molecule has 0 saturated carbocycles. The largest absolute Gasteiger partial charge is 0.444 e. The highest BCUT2D eigenvalue weighted by atomic mass is 79.9. The second-order valence-electron chi connectivity index (χ2n) is 5.47. The Balaban J connectivity index is 1.88. The smallest absolute Gasteiger partial charge is 0.287 e. The Bertz CT molecular complexity index is 724. The van der Waals surface area contributed by atoms with E-state index in [1.165, 1.54) is 5.56 Å². The molecule has 0 aliphatic heterocycles. The molecule has 1 aromatic heterocycles. The topological polar surface area (TPSA) is 62.6 Å². The van der Waals surface area contributed by atoms with Crippen molar-refractivity contribution < 1.29 is 14.0 Å². The Labute approximate surface area is 143 Å². The van der Waals surface area contributed by atoms with Gasteiger partial charge in [0.2, 0.25) is 5.91 Å². The number of halogens is 1. The molecule has 0 aliphatic carbocycles. The lowest BCUT2D eigenvalue weighted by molar-refractivity contribution is -0.129. The Kier molecular flexibility index (Phi) is 5.60. The predicted octanol–water partition coefficient (Wildman–Crippen LogP) is 3.05. The van der Waals surface area contributed by atoms with E-state index in [0.29, 0.717) is 11.2 Å². The molecule has 1 aromatic carbocycles. The minimum Gasteiger partial charge on any atom is -0.444 e. The summed E-state index contributed by atoms with van der Waals surface area (Å²) in [7, 11) is 1.72. The summed E-state index contributed by atoms with van der Waals surface area (Å²) in [4.78, 5) is 25.6. The van der Waals surface area contributed by atoms with Crippen LogP contribution in [0.5, 0.6) is 0 Å². The number of carbonyl (C=O) groups excluding carboxylic acids is 2. The summed E-state index contributed by atoms with van der Waals surface area (Å²) in [6, 6.07) is 9.31. The van der Waals surface area contributed by atoms with Gasteiger partial charge in [-0.15, -0.1) is 0 Å². The van der Waals surface area contributed by atoms with Crippen LogP contribution in [0.2, 0.25) is 0 Å². The van der Waals surface area contributed by atoms with E-state index in [1.807, 2.05) is 26.0 Å². The molecule has 6 heteroatoms. The zero-order chi connectivity index (χ0) is 17.0. The molecular weight excluding hydrogens is 360 g/mol. The van der Waals surface area contributed by atoms with E-state index in [-0.39, 0.29) is 18.2 Å². The number of nitrogens with zero attached hydrogens (tertiary/aromatic N) is 1. The maximum atomic E-state index is 12.1. The molecule has 0 fully saturated rings. The van der Waals surface area contributed by atoms with Crippen LogP contribution in [-0.2, 0) is 11.3 Å². The quantitative estimate of drug-likeness (QED) is 0.869. The Morgan fingerprint density at radius 1 is 1.22 bits per heavy atom. The highest BCUT2D eigenvalue weighted by Gasteiger charge is 2.15. The summed E-state index contributed by atoms with van der Waals surface area (Å²) in [6.45, 7) is 4.50. The summed E-state index contributed by atoms with van der Waals surface area (Å²) < 4.78 is 5.61. The van der Waals surface area contributed by atoms with Crippen LogP contribution < -0.4 is 5.32 Å². The molecule has 1 N–H and O–H groups in total. The fourth-order valence-corrected chi connectivity index (χ4v) is 2.49.